The summed E-state index contributed by atoms with van der Waals surface area (Å²) in [6.45, 7) is 4.32. The maximum atomic E-state index is 10.9. The van der Waals surface area contributed by atoms with E-state index in [9.17, 15) is 4.79 Å². The molecule has 2 aromatic heterocycles. The average molecular weight is 406 g/mol. The number of H-pyrrole nitrogens is 1. The molecule has 1 aliphatic heterocycles. The Kier molecular flexibility index (Phi) is 5.79. The number of nitrogens with zero attached hydrogens (tertiary/aromatic N) is 3. The van der Waals surface area contributed by atoms with E-state index in [0.29, 0.717) is 5.82 Å². The number of aromatic nitrogens is 3. The Bertz CT molecular complexity index is 1120. The number of ether oxygens (including phenoxy) is 1. The summed E-state index contributed by atoms with van der Waals surface area (Å²) < 4.78 is 5.37. The molecule has 3 heterocycles. The average Bonchev–Trinajstić information content (AvgIpc) is 3.12. The van der Waals surface area contributed by atoms with E-state index in [0.717, 1.165) is 66.9 Å². The van der Waals surface area contributed by atoms with Gasteiger partial charge < -0.3 is 15.6 Å². The summed E-state index contributed by atoms with van der Waals surface area (Å²) in [6.07, 6.45) is 1.13. The van der Waals surface area contributed by atoms with Gasteiger partial charge in [-0.15, -0.1) is 0 Å². The Hall–Kier alpha value is -3.61. The van der Waals surface area contributed by atoms with Crippen LogP contribution in [0, 0.1) is 11.8 Å². The van der Waals surface area contributed by atoms with E-state index in [1.165, 1.54) is 0 Å². The number of nitrogens with one attached hydrogen (secondary N) is 2. The monoisotopic (exact) mass is 406 g/mol. The molecule has 1 aromatic carbocycles. The van der Waals surface area contributed by atoms with Gasteiger partial charge in [0.05, 0.1) is 24.3 Å². The van der Waals surface area contributed by atoms with Crippen molar-refractivity contribution in [3.63, 3.8) is 0 Å². The minimum atomic E-state index is -1.17. The lowest BCUT2D eigenvalue weighted by atomic mass is 10.0. The third-order valence-electron chi connectivity index (χ3n) is 4.91. The van der Waals surface area contributed by atoms with E-state index >= 15 is 0 Å². The van der Waals surface area contributed by atoms with Gasteiger partial charge in [0.25, 0.3) is 0 Å². The zero-order valence-corrected chi connectivity index (χ0v) is 16.3. The molecule has 9 nitrogen and oxygen atoms in total. The lowest BCUT2D eigenvalue weighted by molar-refractivity contribution is 0.0390. The van der Waals surface area contributed by atoms with Crippen LogP contribution in [-0.4, -0.2) is 64.1 Å². The SMILES string of the molecule is Nc1n[nH]c2c(C#CCCN3CCOCC3)cc(-c3ccnc(NC(=O)O)c3)cc12. The second kappa shape index (κ2) is 8.82. The van der Waals surface area contributed by atoms with Crippen LogP contribution in [0.25, 0.3) is 22.0 Å². The molecule has 1 aliphatic rings. The first-order valence-corrected chi connectivity index (χ1v) is 9.63. The maximum Gasteiger partial charge on any atom is 0.410 e. The first kappa shape index (κ1) is 19.7. The second-order valence-electron chi connectivity index (χ2n) is 6.92. The van der Waals surface area contributed by atoms with Crippen molar-refractivity contribution < 1.29 is 14.6 Å². The van der Waals surface area contributed by atoms with Crippen molar-refractivity contribution in [1.82, 2.24) is 20.1 Å². The number of carbonyl (C=O) groups is 1. The molecule has 4 rings (SSSR count). The fourth-order valence-electron chi connectivity index (χ4n) is 3.39. The smallest absolute Gasteiger partial charge is 0.410 e. The van der Waals surface area contributed by atoms with Crippen molar-refractivity contribution in [2.24, 2.45) is 0 Å². The van der Waals surface area contributed by atoms with Gasteiger partial charge in [-0.05, 0) is 35.4 Å². The number of aromatic amines is 1. The van der Waals surface area contributed by atoms with Crippen LogP contribution in [-0.2, 0) is 4.74 Å². The third kappa shape index (κ3) is 4.51. The van der Waals surface area contributed by atoms with Crippen LogP contribution in [0.4, 0.5) is 16.4 Å². The van der Waals surface area contributed by atoms with Crippen LogP contribution in [0.1, 0.15) is 12.0 Å². The number of pyridine rings is 1. The highest BCUT2D eigenvalue weighted by molar-refractivity contribution is 5.96. The van der Waals surface area contributed by atoms with Gasteiger partial charge in [-0.1, -0.05) is 11.8 Å². The molecular formula is C21H22N6O3. The lowest BCUT2D eigenvalue weighted by Crippen LogP contribution is -2.36. The van der Waals surface area contributed by atoms with Crippen molar-refractivity contribution in [3.8, 4) is 23.0 Å². The molecule has 30 heavy (non-hydrogen) atoms. The third-order valence-corrected chi connectivity index (χ3v) is 4.91. The molecule has 0 bridgehead atoms. The predicted molar refractivity (Wildman–Crippen MR) is 114 cm³/mol. The molecule has 0 aliphatic carbocycles. The van der Waals surface area contributed by atoms with E-state index in [1.54, 1.807) is 18.3 Å². The first-order valence-electron chi connectivity index (χ1n) is 9.63. The number of hydrogen-bond donors (Lipinski definition) is 4. The van der Waals surface area contributed by atoms with Crippen LogP contribution in [0.3, 0.4) is 0 Å². The van der Waals surface area contributed by atoms with Gasteiger partial charge >= 0.3 is 6.09 Å². The molecular weight excluding hydrogens is 384 g/mol. The molecule has 9 heteroatoms. The Morgan fingerprint density at radius 3 is 2.93 bits per heavy atom. The largest absolute Gasteiger partial charge is 0.465 e. The van der Waals surface area contributed by atoms with E-state index in [-0.39, 0.29) is 5.82 Å². The molecule has 1 fully saturated rings. The van der Waals surface area contributed by atoms with Crippen LogP contribution in [0.5, 0.6) is 0 Å². The summed E-state index contributed by atoms with van der Waals surface area (Å²) in [4.78, 5) is 17.3. The fraction of sp³-hybridized carbons (Fsp3) is 0.286. The molecule has 5 N–H and O–H groups in total. The molecule has 3 aromatic rings. The quantitative estimate of drug-likeness (QED) is 0.490. The van der Waals surface area contributed by atoms with E-state index in [1.807, 2.05) is 12.1 Å². The summed E-state index contributed by atoms with van der Waals surface area (Å²) in [7, 11) is 0. The molecule has 1 saturated heterocycles. The first-order chi connectivity index (χ1) is 14.6. The minimum Gasteiger partial charge on any atom is -0.465 e. The Morgan fingerprint density at radius 2 is 2.13 bits per heavy atom. The van der Waals surface area contributed by atoms with Crippen LogP contribution < -0.4 is 11.1 Å². The standard InChI is InChI=1S/C21H22N6O3/c22-20-17-12-16(14-4-5-23-18(13-14)24-21(28)29)11-15(19(17)25-26-20)3-1-2-6-27-7-9-30-10-8-27/h4-5,11-13H,2,6-10H2,(H,23,24)(H,28,29)(H3,22,25,26). The van der Waals surface area contributed by atoms with Gasteiger partial charge in [-0.3, -0.25) is 15.3 Å². The Balaban J connectivity index is 1.62. The number of anilines is 2. The predicted octanol–water partition coefficient (Wildman–Crippen LogP) is 2.37. The number of benzene rings is 1. The summed E-state index contributed by atoms with van der Waals surface area (Å²) >= 11 is 0. The van der Waals surface area contributed by atoms with Gasteiger partial charge in [-0.2, -0.15) is 5.10 Å². The summed E-state index contributed by atoms with van der Waals surface area (Å²) in [5.41, 5.74) is 9.25. The van der Waals surface area contributed by atoms with Crippen LogP contribution >= 0.6 is 0 Å². The number of hydrogen-bond acceptors (Lipinski definition) is 6. The molecule has 0 saturated carbocycles. The van der Waals surface area contributed by atoms with Crippen molar-refractivity contribution in [2.75, 3.05) is 43.9 Å². The van der Waals surface area contributed by atoms with Gasteiger partial charge in [0, 0.05) is 37.6 Å². The van der Waals surface area contributed by atoms with E-state index in [4.69, 9.17) is 15.6 Å². The zero-order valence-electron chi connectivity index (χ0n) is 16.3. The Morgan fingerprint density at radius 1 is 1.30 bits per heavy atom. The molecule has 0 spiro atoms. The topological polar surface area (TPSA) is 129 Å². The van der Waals surface area contributed by atoms with Gasteiger partial charge in [0.1, 0.15) is 5.82 Å². The second-order valence-corrected chi connectivity index (χ2v) is 6.92. The van der Waals surface area contributed by atoms with Crippen molar-refractivity contribution >= 4 is 28.6 Å². The van der Waals surface area contributed by atoms with E-state index in [2.05, 4.69) is 37.2 Å². The summed E-state index contributed by atoms with van der Waals surface area (Å²) in [5.74, 6) is 7.12. The highest BCUT2D eigenvalue weighted by Crippen LogP contribution is 2.30. The number of carboxylic acid groups (broad SMARTS) is 1. The van der Waals surface area contributed by atoms with E-state index < -0.39 is 6.09 Å². The number of nitrogen functional groups attached to an aromatic ring is 1. The van der Waals surface area contributed by atoms with Crippen LogP contribution in [0.2, 0.25) is 0 Å². The highest BCUT2D eigenvalue weighted by Gasteiger charge is 2.12. The van der Waals surface area contributed by atoms with Crippen molar-refractivity contribution in [1.29, 1.82) is 0 Å². The number of fused-ring (bicyclic) bond motifs is 1. The Labute approximate surface area is 173 Å². The van der Waals surface area contributed by atoms with Crippen LogP contribution in [0.15, 0.2) is 30.5 Å². The molecule has 1 amide bonds. The maximum absolute atomic E-state index is 10.9. The lowest BCUT2D eigenvalue weighted by Gasteiger charge is -2.25. The highest BCUT2D eigenvalue weighted by atomic mass is 16.5. The fourth-order valence-corrected chi connectivity index (χ4v) is 3.39. The van der Waals surface area contributed by atoms with Crippen molar-refractivity contribution in [3.05, 3.63) is 36.0 Å². The van der Waals surface area contributed by atoms with Gasteiger partial charge in [-0.25, -0.2) is 9.78 Å². The molecule has 0 radical (unpaired) electrons. The molecule has 0 atom stereocenters. The molecule has 0 unspecified atom stereocenters. The van der Waals surface area contributed by atoms with Gasteiger partial charge in [0.15, 0.2) is 5.82 Å². The zero-order chi connectivity index (χ0) is 20.9. The summed E-state index contributed by atoms with van der Waals surface area (Å²) in [5, 5.41) is 19.0. The van der Waals surface area contributed by atoms with Gasteiger partial charge in [0.2, 0.25) is 0 Å². The van der Waals surface area contributed by atoms with Crippen molar-refractivity contribution in [2.45, 2.75) is 6.42 Å². The number of nitrogens with two attached hydrogens (primary N) is 1. The normalized spacial score (nSPS) is 14.3. The summed E-state index contributed by atoms with van der Waals surface area (Å²) in [6, 6.07) is 7.33. The number of morpholine rings is 1. The number of rotatable bonds is 4. The number of amides is 1. The molecule has 154 valence electrons. The minimum absolute atomic E-state index is 0.249.